The van der Waals surface area contributed by atoms with Crippen molar-refractivity contribution >= 4 is 5.78 Å². The van der Waals surface area contributed by atoms with Gasteiger partial charge < -0.3 is 5.73 Å². The van der Waals surface area contributed by atoms with Crippen LogP contribution in [0, 0.1) is 11.8 Å². The molecule has 0 aromatic carbocycles. The Bertz CT molecular complexity index is 253. The van der Waals surface area contributed by atoms with Crippen LogP contribution in [0.15, 0.2) is 23.8 Å². The second-order valence-corrected chi connectivity index (χ2v) is 3.71. The van der Waals surface area contributed by atoms with Gasteiger partial charge in [0.15, 0.2) is 0 Å². The molecule has 2 heteroatoms. The lowest BCUT2D eigenvalue weighted by atomic mass is 9.81. The Labute approximate surface area is 79.5 Å². The number of hydrogen-bond donors (Lipinski definition) is 1. The zero-order valence-corrected chi connectivity index (χ0v) is 8.29. The fourth-order valence-electron chi connectivity index (χ4n) is 1.73. The molecule has 2 N–H and O–H groups in total. The number of allylic oxidation sites excluding steroid dienone is 4. The van der Waals surface area contributed by atoms with Crippen molar-refractivity contribution in [3.05, 3.63) is 23.8 Å². The van der Waals surface area contributed by atoms with Crippen LogP contribution in [0.3, 0.4) is 0 Å². The maximum atomic E-state index is 11.2. The normalized spacial score (nSPS) is 27.2. The van der Waals surface area contributed by atoms with Gasteiger partial charge in [0.1, 0.15) is 5.78 Å². The van der Waals surface area contributed by atoms with E-state index in [-0.39, 0.29) is 12.3 Å². The average molecular weight is 179 g/mol. The standard InChI is InChI=1S/C11H17NO/c1-8-4-3-5-9(2)11(8)6-10(13)7-12/h3-5,8,11H,6-7,12H2,1-2H3. The van der Waals surface area contributed by atoms with E-state index in [0.717, 1.165) is 0 Å². The summed E-state index contributed by atoms with van der Waals surface area (Å²) in [6, 6.07) is 0. The molecule has 0 saturated carbocycles. The van der Waals surface area contributed by atoms with Crippen molar-refractivity contribution in [1.82, 2.24) is 0 Å². The van der Waals surface area contributed by atoms with Crippen LogP contribution in [0.1, 0.15) is 20.3 Å². The van der Waals surface area contributed by atoms with Crippen LogP contribution < -0.4 is 5.73 Å². The minimum Gasteiger partial charge on any atom is -0.324 e. The summed E-state index contributed by atoms with van der Waals surface area (Å²) in [5.41, 5.74) is 6.58. The fourth-order valence-corrected chi connectivity index (χ4v) is 1.73. The van der Waals surface area contributed by atoms with Gasteiger partial charge in [0.25, 0.3) is 0 Å². The zero-order valence-electron chi connectivity index (χ0n) is 8.29. The summed E-state index contributed by atoms with van der Waals surface area (Å²) < 4.78 is 0. The first-order valence-corrected chi connectivity index (χ1v) is 4.72. The Balaban J connectivity index is 2.63. The van der Waals surface area contributed by atoms with Crippen LogP contribution in [-0.4, -0.2) is 12.3 Å². The monoisotopic (exact) mass is 179 g/mol. The van der Waals surface area contributed by atoms with E-state index in [0.29, 0.717) is 18.3 Å². The minimum absolute atomic E-state index is 0.153. The summed E-state index contributed by atoms with van der Waals surface area (Å²) >= 11 is 0. The lowest BCUT2D eigenvalue weighted by Gasteiger charge is -2.24. The minimum atomic E-state index is 0.153. The number of hydrogen-bond acceptors (Lipinski definition) is 2. The second kappa shape index (κ2) is 4.38. The van der Waals surface area contributed by atoms with Crippen molar-refractivity contribution in [3.63, 3.8) is 0 Å². The molecule has 0 aromatic rings. The topological polar surface area (TPSA) is 43.1 Å². The molecule has 13 heavy (non-hydrogen) atoms. The molecule has 0 spiro atoms. The SMILES string of the molecule is CC1=CC=CC(C)C1CC(=O)CN. The van der Waals surface area contributed by atoms with Crippen molar-refractivity contribution < 1.29 is 4.79 Å². The van der Waals surface area contributed by atoms with Crippen LogP contribution in [0.25, 0.3) is 0 Å². The Morgan fingerprint density at radius 3 is 2.85 bits per heavy atom. The Morgan fingerprint density at radius 2 is 2.31 bits per heavy atom. The zero-order chi connectivity index (χ0) is 9.84. The molecule has 0 saturated heterocycles. The maximum Gasteiger partial charge on any atom is 0.147 e. The molecule has 2 nitrogen and oxygen atoms in total. The summed E-state index contributed by atoms with van der Waals surface area (Å²) in [5.74, 6) is 0.974. The Morgan fingerprint density at radius 1 is 1.62 bits per heavy atom. The molecule has 0 aromatic heterocycles. The lowest BCUT2D eigenvalue weighted by molar-refractivity contribution is -0.118. The largest absolute Gasteiger partial charge is 0.324 e. The molecule has 1 aliphatic rings. The lowest BCUT2D eigenvalue weighted by Crippen LogP contribution is -2.22. The molecule has 1 rings (SSSR count). The first-order chi connectivity index (χ1) is 6.15. The predicted molar refractivity (Wildman–Crippen MR) is 54.2 cm³/mol. The van der Waals surface area contributed by atoms with Gasteiger partial charge in [-0.05, 0) is 18.8 Å². The number of ketones is 1. The number of nitrogens with two attached hydrogens (primary N) is 1. The van der Waals surface area contributed by atoms with Crippen LogP contribution in [-0.2, 0) is 4.79 Å². The first-order valence-electron chi connectivity index (χ1n) is 4.72. The van der Waals surface area contributed by atoms with Gasteiger partial charge in [-0.2, -0.15) is 0 Å². The Hall–Kier alpha value is -0.890. The molecular weight excluding hydrogens is 162 g/mol. The molecule has 2 unspecified atom stereocenters. The number of carbonyl (C=O) groups is 1. The summed E-state index contributed by atoms with van der Waals surface area (Å²) in [6.45, 7) is 4.39. The molecule has 0 radical (unpaired) electrons. The van der Waals surface area contributed by atoms with Crippen molar-refractivity contribution in [2.45, 2.75) is 20.3 Å². The van der Waals surface area contributed by atoms with Crippen LogP contribution in [0.5, 0.6) is 0 Å². The number of carbonyl (C=O) groups excluding carboxylic acids is 1. The summed E-state index contributed by atoms with van der Waals surface area (Å²) in [6.07, 6.45) is 6.86. The molecule has 0 aliphatic heterocycles. The van der Waals surface area contributed by atoms with E-state index >= 15 is 0 Å². The molecule has 0 amide bonds. The highest BCUT2D eigenvalue weighted by atomic mass is 16.1. The number of Topliss-reactive ketones (excluding diaryl/α,β-unsaturated/α-hetero) is 1. The molecular formula is C11H17NO. The first kappa shape index (κ1) is 10.2. The summed E-state index contributed by atoms with van der Waals surface area (Å²) in [5, 5.41) is 0. The maximum absolute atomic E-state index is 11.2. The van der Waals surface area contributed by atoms with E-state index < -0.39 is 0 Å². The molecule has 0 heterocycles. The molecule has 72 valence electrons. The van der Waals surface area contributed by atoms with E-state index in [1.807, 2.05) is 0 Å². The van der Waals surface area contributed by atoms with E-state index in [1.54, 1.807) is 0 Å². The molecule has 0 fully saturated rings. The van der Waals surface area contributed by atoms with Crippen LogP contribution >= 0.6 is 0 Å². The van der Waals surface area contributed by atoms with Crippen molar-refractivity contribution in [3.8, 4) is 0 Å². The highest BCUT2D eigenvalue weighted by molar-refractivity contribution is 5.80. The van der Waals surface area contributed by atoms with Gasteiger partial charge in [0.05, 0.1) is 6.54 Å². The highest BCUT2D eigenvalue weighted by Crippen LogP contribution is 2.28. The van der Waals surface area contributed by atoms with Gasteiger partial charge >= 0.3 is 0 Å². The number of rotatable bonds is 3. The fraction of sp³-hybridized carbons (Fsp3) is 0.545. The predicted octanol–water partition coefficient (Wildman–Crippen LogP) is 1.67. The van der Waals surface area contributed by atoms with Crippen LogP contribution in [0.2, 0.25) is 0 Å². The molecule has 2 atom stereocenters. The third kappa shape index (κ3) is 2.52. The van der Waals surface area contributed by atoms with E-state index in [1.165, 1.54) is 5.57 Å². The highest BCUT2D eigenvalue weighted by Gasteiger charge is 2.21. The van der Waals surface area contributed by atoms with Crippen molar-refractivity contribution in [1.29, 1.82) is 0 Å². The van der Waals surface area contributed by atoms with Gasteiger partial charge in [-0.1, -0.05) is 30.7 Å². The van der Waals surface area contributed by atoms with Gasteiger partial charge in [-0.15, -0.1) is 0 Å². The van der Waals surface area contributed by atoms with Crippen LogP contribution in [0.4, 0.5) is 0 Å². The van der Waals surface area contributed by atoms with Gasteiger partial charge in [0.2, 0.25) is 0 Å². The quantitative estimate of drug-likeness (QED) is 0.716. The average Bonchev–Trinajstić information content (AvgIpc) is 2.11. The van der Waals surface area contributed by atoms with Gasteiger partial charge in [-0.3, -0.25) is 4.79 Å². The summed E-state index contributed by atoms with van der Waals surface area (Å²) in [4.78, 5) is 11.2. The van der Waals surface area contributed by atoms with Crippen molar-refractivity contribution in [2.75, 3.05) is 6.54 Å². The van der Waals surface area contributed by atoms with Crippen molar-refractivity contribution in [2.24, 2.45) is 17.6 Å². The Kier molecular flexibility index (Phi) is 3.43. The molecule has 0 bridgehead atoms. The van der Waals surface area contributed by atoms with E-state index in [2.05, 4.69) is 32.1 Å². The van der Waals surface area contributed by atoms with E-state index in [4.69, 9.17) is 5.73 Å². The third-order valence-electron chi connectivity index (χ3n) is 2.67. The second-order valence-electron chi connectivity index (χ2n) is 3.71. The van der Waals surface area contributed by atoms with Gasteiger partial charge in [-0.25, -0.2) is 0 Å². The van der Waals surface area contributed by atoms with E-state index in [9.17, 15) is 4.79 Å². The third-order valence-corrected chi connectivity index (χ3v) is 2.67. The summed E-state index contributed by atoms with van der Waals surface area (Å²) in [7, 11) is 0. The molecule has 1 aliphatic carbocycles. The van der Waals surface area contributed by atoms with Gasteiger partial charge in [0, 0.05) is 6.42 Å². The smallest absolute Gasteiger partial charge is 0.147 e.